The van der Waals surface area contributed by atoms with E-state index in [-0.39, 0.29) is 36.1 Å². The van der Waals surface area contributed by atoms with Crippen LogP contribution in [-0.2, 0) is 40.0 Å². The van der Waals surface area contributed by atoms with Crippen molar-refractivity contribution in [3.8, 4) is 11.1 Å². The van der Waals surface area contributed by atoms with E-state index in [1.807, 2.05) is 0 Å². The van der Waals surface area contributed by atoms with Gasteiger partial charge in [-0.2, -0.15) is 0 Å². The van der Waals surface area contributed by atoms with E-state index in [9.17, 15) is 26.3 Å². The molecule has 4 aromatic rings. The predicted molar refractivity (Wildman–Crippen MR) is 184 cm³/mol. The maximum atomic E-state index is 13.8. The Labute approximate surface area is 317 Å². The minimum absolute atomic E-state index is 0. The molecule has 0 N–H and O–H groups in total. The summed E-state index contributed by atoms with van der Waals surface area (Å²) in [5.41, 5.74) is 7.98. The molecule has 2 aliphatic carbocycles. The first-order chi connectivity index (χ1) is 23.0. The monoisotopic (exact) mass is 818 g/mol. The average molecular weight is 821 g/mol. The fourth-order valence-electron chi connectivity index (χ4n) is 7.29. The Kier molecular flexibility index (Phi) is 12.3. The summed E-state index contributed by atoms with van der Waals surface area (Å²) in [6.45, 7) is 12.9. The fourth-order valence-corrected chi connectivity index (χ4v) is 16.2. The number of allylic oxidation sites excluding steroid dienone is 4. The molecular weight excluding hydrogens is 781 g/mol. The summed E-state index contributed by atoms with van der Waals surface area (Å²) in [5.74, 6) is 0.133. The summed E-state index contributed by atoms with van der Waals surface area (Å²) in [6.07, 6.45) is -1.72. The molecule has 9 heteroatoms. The third-order valence-electron chi connectivity index (χ3n) is 9.79. The molecule has 0 spiro atoms. The molecule has 268 valence electrons. The van der Waals surface area contributed by atoms with Crippen molar-refractivity contribution in [1.29, 1.82) is 0 Å². The summed E-state index contributed by atoms with van der Waals surface area (Å²) in [6, 6.07) is 21.4. The number of rotatable bonds is 6. The van der Waals surface area contributed by atoms with Crippen LogP contribution in [0, 0.1) is 25.2 Å². The first-order valence-corrected chi connectivity index (χ1v) is 20.4. The van der Waals surface area contributed by atoms with E-state index in [0.29, 0.717) is 11.1 Å². The average Bonchev–Trinajstić information content (AvgIpc) is 3.61. The number of fused-ring (bicyclic) bond motifs is 3. The first kappa shape index (κ1) is 41.0. The van der Waals surface area contributed by atoms with Crippen LogP contribution < -0.4 is 28.1 Å². The van der Waals surface area contributed by atoms with E-state index in [1.165, 1.54) is 64.2 Å². The Morgan fingerprint density at radius 1 is 0.725 bits per heavy atom. The number of benzene rings is 4. The quantitative estimate of drug-likeness (QED) is 0.193. The zero-order chi connectivity index (χ0) is 35.5. The van der Waals surface area contributed by atoms with Gasteiger partial charge in [-0.05, 0) is 0 Å². The molecule has 0 saturated heterocycles. The van der Waals surface area contributed by atoms with Crippen LogP contribution in [0.1, 0.15) is 85.0 Å². The normalized spacial score (nSPS) is 15.1. The van der Waals surface area contributed by atoms with Gasteiger partial charge in [0.2, 0.25) is 0 Å². The molecule has 1 atom stereocenters. The largest absolute Gasteiger partial charge is 1.00 e. The fraction of sp³-hybridized carbons (Fsp3) is 0.310. The molecule has 0 bridgehead atoms. The van der Waals surface area contributed by atoms with Gasteiger partial charge >= 0.3 is 294 Å². The van der Waals surface area contributed by atoms with E-state index in [2.05, 4.69) is 84.0 Å². The van der Waals surface area contributed by atoms with Crippen LogP contribution in [0.5, 0.6) is 0 Å². The molecule has 0 nitrogen and oxygen atoms in total. The zero-order valence-corrected chi connectivity index (χ0v) is 33.4. The standard InChI is InChI=1S/C15H8F6.C15H13.C12H19.2ClH.Zr/c16-14(17,18)12-5-1-10(2-6-12)9-11-3-7-13(8-4-11)15(19,20)21;1-10-3-5-14-12(7-10)9-13-8-11(2)4-6-15(13)14;1-5-6-10-7-8-11(9-10)12(2,3)4;;;/h1-8H;3-7H,9H2,1-2H3;8-10H,5-6H2,1-4H3;2*1H;/q;;;;;+2/p-2. The van der Waals surface area contributed by atoms with Gasteiger partial charge in [-0.3, -0.25) is 0 Å². The summed E-state index contributed by atoms with van der Waals surface area (Å²) in [5, 5.41) is 0. The van der Waals surface area contributed by atoms with E-state index in [4.69, 9.17) is 0 Å². The van der Waals surface area contributed by atoms with Crippen LogP contribution in [0.4, 0.5) is 26.3 Å². The predicted octanol–water partition coefficient (Wildman–Crippen LogP) is 5.72. The Morgan fingerprint density at radius 3 is 1.75 bits per heavy atom. The molecule has 2 aliphatic rings. The summed E-state index contributed by atoms with van der Waals surface area (Å²) in [4.78, 5) is 0. The van der Waals surface area contributed by atoms with Crippen LogP contribution in [0.25, 0.3) is 11.1 Å². The van der Waals surface area contributed by atoms with Crippen molar-refractivity contribution in [3.05, 3.63) is 144 Å². The molecule has 1 unspecified atom stereocenters. The Morgan fingerprint density at radius 2 is 1.25 bits per heavy atom. The van der Waals surface area contributed by atoms with Gasteiger partial charge < -0.3 is 24.8 Å². The molecule has 51 heavy (non-hydrogen) atoms. The van der Waals surface area contributed by atoms with E-state index in [0.717, 1.165) is 52.3 Å². The van der Waals surface area contributed by atoms with Crippen LogP contribution in [-0.4, -0.2) is 3.21 Å². The molecule has 4 aromatic carbocycles. The molecule has 0 saturated carbocycles. The third kappa shape index (κ3) is 8.27. The van der Waals surface area contributed by atoms with Crippen molar-refractivity contribution in [3.63, 3.8) is 0 Å². The molecule has 6 rings (SSSR count). The molecule has 0 aromatic heterocycles. The zero-order valence-electron chi connectivity index (χ0n) is 29.4. The second-order valence-corrected chi connectivity index (χ2v) is 20.1. The van der Waals surface area contributed by atoms with Gasteiger partial charge in [0.1, 0.15) is 0 Å². The summed E-state index contributed by atoms with van der Waals surface area (Å²) >= 11 is -3.49. The van der Waals surface area contributed by atoms with Crippen LogP contribution in [0.2, 0.25) is 0 Å². The minimum Gasteiger partial charge on any atom is -1.00 e. The number of aryl methyl sites for hydroxylation is 2. The van der Waals surface area contributed by atoms with Crippen molar-refractivity contribution in [2.24, 2.45) is 11.3 Å². The number of alkyl halides is 6. The topological polar surface area (TPSA) is 0 Å². The van der Waals surface area contributed by atoms with Crippen molar-refractivity contribution >= 4 is 6.48 Å². The molecule has 0 amide bonds. The molecular formula is C42H40Cl2F6Zr. The van der Waals surface area contributed by atoms with Gasteiger partial charge in [-0.25, -0.2) is 0 Å². The Hall–Kier alpha value is -2.73. The smallest absolute Gasteiger partial charge is 1.00 e. The van der Waals surface area contributed by atoms with Gasteiger partial charge in [0.05, 0.1) is 0 Å². The molecule has 0 aliphatic heterocycles. The van der Waals surface area contributed by atoms with Gasteiger partial charge in [0.25, 0.3) is 0 Å². The maximum Gasteiger partial charge on any atom is -1.00 e. The third-order valence-corrected chi connectivity index (χ3v) is 18.1. The van der Waals surface area contributed by atoms with Gasteiger partial charge in [-0.1, -0.05) is 0 Å². The van der Waals surface area contributed by atoms with Crippen molar-refractivity contribution < 1.29 is 72.4 Å². The van der Waals surface area contributed by atoms with Crippen LogP contribution in [0.3, 0.4) is 0 Å². The van der Waals surface area contributed by atoms with E-state index >= 15 is 0 Å². The van der Waals surface area contributed by atoms with Crippen molar-refractivity contribution in [2.45, 2.75) is 73.2 Å². The maximum absolute atomic E-state index is 13.8. The van der Waals surface area contributed by atoms with Gasteiger partial charge in [0.15, 0.2) is 0 Å². The summed E-state index contributed by atoms with van der Waals surface area (Å²) in [7, 11) is 0. The Balaban J connectivity index is 0.00000292. The first-order valence-electron chi connectivity index (χ1n) is 16.7. The van der Waals surface area contributed by atoms with Gasteiger partial charge in [-0.15, -0.1) is 0 Å². The minimum atomic E-state index is -4.51. The molecule has 0 radical (unpaired) electrons. The van der Waals surface area contributed by atoms with Gasteiger partial charge in [0, 0.05) is 0 Å². The number of halogens is 8. The number of hydrogen-bond donors (Lipinski definition) is 0. The van der Waals surface area contributed by atoms with Crippen molar-refractivity contribution in [2.75, 3.05) is 0 Å². The molecule has 0 fully saturated rings. The van der Waals surface area contributed by atoms with E-state index in [1.54, 1.807) is 0 Å². The Bertz CT molecular complexity index is 1950. The molecule has 0 heterocycles. The second kappa shape index (κ2) is 15.3. The number of hydrogen-bond acceptors (Lipinski definition) is 0. The van der Waals surface area contributed by atoms with E-state index < -0.39 is 44.7 Å². The summed E-state index contributed by atoms with van der Waals surface area (Å²) < 4.78 is 86.3. The van der Waals surface area contributed by atoms with Crippen LogP contribution >= 0.6 is 0 Å². The SMILES string of the molecule is CCCC1C=C(C(C)(C)C)C=[C]1[Zr+2](=[C](c1ccc(C(F)(F)F)cc1)c1ccc(C(F)(F)F)cc1)[c]1c(C)ccc2c1Cc1cc(C)ccc1-2.[Cl-].[Cl-]. The second-order valence-electron chi connectivity index (χ2n) is 14.4. The van der Waals surface area contributed by atoms with Crippen molar-refractivity contribution in [1.82, 2.24) is 0 Å². The van der Waals surface area contributed by atoms with Crippen LogP contribution in [0.15, 0.2) is 99.9 Å².